The van der Waals surface area contributed by atoms with Crippen LogP contribution in [0.1, 0.15) is 37.4 Å². The van der Waals surface area contributed by atoms with Crippen molar-refractivity contribution in [1.29, 1.82) is 0 Å². The molecule has 1 saturated heterocycles. The fourth-order valence-electron chi connectivity index (χ4n) is 4.08. The van der Waals surface area contributed by atoms with Gasteiger partial charge in [-0.25, -0.2) is 4.98 Å². The maximum Gasteiger partial charge on any atom is 0.227 e. The smallest absolute Gasteiger partial charge is 0.227 e. The summed E-state index contributed by atoms with van der Waals surface area (Å²) in [6, 6.07) is 0. The average Bonchev–Trinajstić information content (AvgIpc) is 2.64. The van der Waals surface area contributed by atoms with Crippen LogP contribution in [0.4, 0.5) is 11.8 Å². The molecule has 0 aromatic carbocycles. The summed E-state index contributed by atoms with van der Waals surface area (Å²) >= 11 is 0. The van der Waals surface area contributed by atoms with Gasteiger partial charge in [0.2, 0.25) is 11.9 Å². The minimum Gasteiger partial charge on any atom is -0.362 e. The van der Waals surface area contributed by atoms with E-state index >= 15 is 0 Å². The lowest BCUT2D eigenvalue weighted by Gasteiger charge is -2.33. The number of carbonyl (C=O) groups is 1. The van der Waals surface area contributed by atoms with Gasteiger partial charge in [0.1, 0.15) is 5.82 Å². The summed E-state index contributed by atoms with van der Waals surface area (Å²) in [7, 11) is 7.93. The Kier molecular flexibility index (Phi) is 6.19. The van der Waals surface area contributed by atoms with E-state index in [4.69, 9.17) is 9.97 Å². The molecule has 7 nitrogen and oxygen atoms in total. The van der Waals surface area contributed by atoms with E-state index in [0.29, 0.717) is 18.9 Å². The monoisotopic (exact) mass is 374 g/mol. The predicted molar refractivity (Wildman–Crippen MR) is 109 cm³/mol. The SMILES string of the molecule is C[C@H]1CCCN(CCC(=O)N2CCc3c(nc(N(C)C)nc3N(C)C)C2)C1. The molecule has 27 heavy (non-hydrogen) atoms. The standard InChI is InChI=1S/C20H34N6O/c1-15-7-6-10-25(13-15)11-9-18(27)26-12-8-16-17(14-26)21-20(24(4)5)22-19(16)23(2)3/h15H,6-14H2,1-5H3/t15-/m0/s1. The minimum absolute atomic E-state index is 0.246. The van der Waals surface area contributed by atoms with Crippen LogP contribution < -0.4 is 9.80 Å². The van der Waals surface area contributed by atoms with Crippen LogP contribution in [0.15, 0.2) is 0 Å². The Labute approximate surface area is 163 Å². The molecular weight excluding hydrogens is 340 g/mol. The van der Waals surface area contributed by atoms with Crippen molar-refractivity contribution in [3.8, 4) is 0 Å². The zero-order valence-corrected chi connectivity index (χ0v) is 17.5. The number of nitrogens with zero attached hydrogens (tertiary/aromatic N) is 6. The summed E-state index contributed by atoms with van der Waals surface area (Å²) in [4.78, 5) is 30.6. The van der Waals surface area contributed by atoms with Gasteiger partial charge in [-0.15, -0.1) is 0 Å². The molecule has 150 valence electrons. The third kappa shape index (κ3) is 4.69. The number of hydrogen-bond acceptors (Lipinski definition) is 6. The van der Waals surface area contributed by atoms with Gasteiger partial charge in [0.25, 0.3) is 0 Å². The van der Waals surface area contributed by atoms with Gasteiger partial charge in [-0.05, 0) is 31.7 Å². The molecule has 2 aliphatic heterocycles. The topological polar surface area (TPSA) is 55.8 Å². The summed E-state index contributed by atoms with van der Waals surface area (Å²) in [5, 5.41) is 0. The van der Waals surface area contributed by atoms with E-state index in [1.54, 1.807) is 0 Å². The zero-order chi connectivity index (χ0) is 19.6. The number of anilines is 2. The summed E-state index contributed by atoms with van der Waals surface area (Å²) in [5.74, 6) is 2.67. The van der Waals surface area contributed by atoms with E-state index in [-0.39, 0.29) is 5.91 Å². The van der Waals surface area contributed by atoms with Gasteiger partial charge in [-0.1, -0.05) is 6.92 Å². The van der Waals surface area contributed by atoms with Crippen LogP contribution in [0.2, 0.25) is 0 Å². The summed E-state index contributed by atoms with van der Waals surface area (Å²) < 4.78 is 0. The highest BCUT2D eigenvalue weighted by Crippen LogP contribution is 2.27. The Hall–Kier alpha value is -1.89. The molecular formula is C20H34N6O. The van der Waals surface area contributed by atoms with Crippen LogP contribution in [0, 0.1) is 5.92 Å². The Morgan fingerprint density at radius 3 is 2.59 bits per heavy atom. The number of piperidine rings is 1. The maximum atomic E-state index is 12.8. The van der Waals surface area contributed by atoms with E-state index in [9.17, 15) is 4.79 Å². The first-order chi connectivity index (χ1) is 12.8. The molecule has 1 amide bonds. The molecule has 0 aliphatic carbocycles. The number of fused-ring (bicyclic) bond motifs is 1. The number of aromatic nitrogens is 2. The van der Waals surface area contributed by atoms with E-state index in [1.807, 2.05) is 42.9 Å². The third-order valence-corrected chi connectivity index (χ3v) is 5.59. The highest BCUT2D eigenvalue weighted by molar-refractivity contribution is 5.77. The fourth-order valence-corrected chi connectivity index (χ4v) is 4.08. The molecule has 7 heteroatoms. The molecule has 0 saturated carbocycles. The molecule has 1 atom stereocenters. The van der Waals surface area contributed by atoms with Crippen LogP contribution in [0.25, 0.3) is 0 Å². The number of carbonyl (C=O) groups excluding carboxylic acids is 1. The number of hydrogen-bond donors (Lipinski definition) is 0. The highest BCUT2D eigenvalue weighted by atomic mass is 16.2. The first-order valence-corrected chi connectivity index (χ1v) is 10.1. The lowest BCUT2D eigenvalue weighted by molar-refractivity contribution is -0.132. The number of amides is 1. The molecule has 2 aliphatic rings. The average molecular weight is 375 g/mol. The van der Waals surface area contributed by atoms with E-state index in [1.165, 1.54) is 18.4 Å². The molecule has 3 rings (SSSR count). The molecule has 1 aromatic heterocycles. The van der Waals surface area contributed by atoms with Crippen LogP contribution in [0.5, 0.6) is 0 Å². The maximum absolute atomic E-state index is 12.8. The fraction of sp³-hybridized carbons (Fsp3) is 0.750. The highest BCUT2D eigenvalue weighted by Gasteiger charge is 2.27. The lowest BCUT2D eigenvalue weighted by atomic mass is 10.00. The van der Waals surface area contributed by atoms with Crippen LogP contribution in [-0.2, 0) is 17.8 Å². The molecule has 1 fully saturated rings. The summed E-state index contributed by atoms with van der Waals surface area (Å²) in [5.41, 5.74) is 2.17. The van der Waals surface area contributed by atoms with E-state index in [0.717, 1.165) is 50.0 Å². The van der Waals surface area contributed by atoms with Crippen molar-refractivity contribution in [2.45, 2.75) is 39.2 Å². The van der Waals surface area contributed by atoms with Crippen molar-refractivity contribution in [2.75, 3.05) is 64.2 Å². The molecule has 0 spiro atoms. The minimum atomic E-state index is 0.246. The number of likely N-dealkylation sites (tertiary alicyclic amines) is 1. The Bertz CT molecular complexity index is 675. The van der Waals surface area contributed by atoms with Crippen molar-refractivity contribution in [1.82, 2.24) is 19.8 Å². The van der Waals surface area contributed by atoms with Gasteiger partial charge < -0.3 is 19.6 Å². The summed E-state index contributed by atoms with van der Waals surface area (Å²) in [6.07, 6.45) is 4.00. The van der Waals surface area contributed by atoms with Gasteiger partial charge in [-0.2, -0.15) is 4.98 Å². The van der Waals surface area contributed by atoms with Crippen molar-refractivity contribution in [3.63, 3.8) is 0 Å². The first-order valence-electron chi connectivity index (χ1n) is 10.1. The molecule has 0 N–H and O–H groups in total. The van der Waals surface area contributed by atoms with Crippen LogP contribution in [-0.4, -0.2) is 80.0 Å². The molecule has 0 bridgehead atoms. The van der Waals surface area contributed by atoms with Crippen molar-refractivity contribution in [3.05, 3.63) is 11.3 Å². The predicted octanol–water partition coefficient (Wildman–Crippen LogP) is 1.62. The van der Waals surface area contributed by atoms with E-state index < -0.39 is 0 Å². The van der Waals surface area contributed by atoms with Crippen LogP contribution >= 0.6 is 0 Å². The Balaban J connectivity index is 1.67. The lowest BCUT2D eigenvalue weighted by Crippen LogP contribution is -2.41. The van der Waals surface area contributed by atoms with Crippen LogP contribution in [0.3, 0.4) is 0 Å². The quantitative estimate of drug-likeness (QED) is 0.781. The summed E-state index contributed by atoms with van der Waals surface area (Å²) in [6.45, 7) is 6.79. The molecule has 0 unspecified atom stereocenters. The van der Waals surface area contributed by atoms with Gasteiger partial charge in [0.05, 0.1) is 12.2 Å². The second kappa shape index (κ2) is 8.42. The molecule has 0 radical (unpaired) electrons. The van der Waals surface area contributed by atoms with Gasteiger partial charge in [0.15, 0.2) is 0 Å². The Morgan fingerprint density at radius 2 is 1.93 bits per heavy atom. The van der Waals surface area contributed by atoms with E-state index in [2.05, 4.69) is 11.8 Å². The second-order valence-corrected chi connectivity index (χ2v) is 8.42. The molecule has 3 heterocycles. The third-order valence-electron chi connectivity index (χ3n) is 5.59. The Morgan fingerprint density at radius 1 is 1.15 bits per heavy atom. The van der Waals surface area contributed by atoms with Crippen molar-refractivity contribution < 1.29 is 4.79 Å². The zero-order valence-electron chi connectivity index (χ0n) is 17.5. The second-order valence-electron chi connectivity index (χ2n) is 8.42. The number of rotatable bonds is 5. The normalized spacial score (nSPS) is 20.3. The van der Waals surface area contributed by atoms with Gasteiger partial charge in [-0.3, -0.25) is 4.79 Å². The largest absolute Gasteiger partial charge is 0.362 e. The van der Waals surface area contributed by atoms with Gasteiger partial charge >= 0.3 is 0 Å². The first kappa shape index (κ1) is 19.9. The molecule has 1 aromatic rings. The van der Waals surface area contributed by atoms with Gasteiger partial charge in [0, 0.05) is 59.8 Å². The van der Waals surface area contributed by atoms with Crippen molar-refractivity contribution in [2.24, 2.45) is 5.92 Å². The van der Waals surface area contributed by atoms with Crippen molar-refractivity contribution >= 4 is 17.7 Å².